The monoisotopic (exact) mass is 498 g/mol. The van der Waals surface area contributed by atoms with Gasteiger partial charge in [-0.05, 0) is 41.1 Å². The number of anilines is 1. The zero-order chi connectivity index (χ0) is 24.6. The van der Waals surface area contributed by atoms with Crippen LogP contribution in [0, 0.1) is 0 Å². The number of halogens is 3. The van der Waals surface area contributed by atoms with Gasteiger partial charge in [-0.1, -0.05) is 48.5 Å². The van der Waals surface area contributed by atoms with Crippen LogP contribution in [0.3, 0.4) is 0 Å². The summed E-state index contributed by atoms with van der Waals surface area (Å²) in [7, 11) is -4.04. The predicted molar refractivity (Wildman–Crippen MR) is 127 cm³/mol. The SMILES string of the molecule is O=S(=O)(c1cccc(C(F)(F)F)c1)N1CCN(c2ccc(-c3cccc4ccccc34)nn2)CC1. The lowest BCUT2D eigenvalue weighted by Gasteiger charge is -2.34. The normalized spacial score (nSPS) is 15.5. The van der Waals surface area contributed by atoms with Crippen LogP contribution in [0.15, 0.2) is 83.8 Å². The van der Waals surface area contributed by atoms with Gasteiger partial charge in [0.05, 0.1) is 16.2 Å². The second-order valence-corrected chi connectivity index (χ2v) is 10.2. The lowest BCUT2D eigenvalue weighted by atomic mass is 10.0. The second-order valence-electron chi connectivity index (χ2n) is 8.22. The van der Waals surface area contributed by atoms with E-state index in [9.17, 15) is 21.6 Å². The van der Waals surface area contributed by atoms with E-state index in [1.807, 2.05) is 59.5 Å². The van der Waals surface area contributed by atoms with Crippen LogP contribution in [0.25, 0.3) is 22.0 Å². The Kier molecular flexibility index (Phi) is 5.94. The first kappa shape index (κ1) is 23.3. The third-order valence-corrected chi connectivity index (χ3v) is 7.97. The minimum Gasteiger partial charge on any atom is -0.352 e. The van der Waals surface area contributed by atoms with Gasteiger partial charge in [-0.25, -0.2) is 8.42 Å². The van der Waals surface area contributed by atoms with Gasteiger partial charge in [0, 0.05) is 31.7 Å². The van der Waals surface area contributed by atoms with Crippen LogP contribution < -0.4 is 4.90 Å². The average molecular weight is 499 g/mol. The number of hydrogen-bond donors (Lipinski definition) is 0. The topological polar surface area (TPSA) is 66.4 Å². The molecule has 0 amide bonds. The standard InChI is InChI=1S/C25H21F3N4O2S/c26-25(27,28)19-7-4-8-20(17-19)35(33,34)32-15-13-31(14-16-32)24-12-11-23(29-30-24)22-10-3-6-18-5-1-2-9-21(18)22/h1-12,17H,13-16H2. The highest BCUT2D eigenvalue weighted by molar-refractivity contribution is 7.89. The molecular weight excluding hydrogens is 477 g/mol. The fourth-order valence-corrected chi connectivity index (χ4v) is 5.69. The molecule has 0 atom stereocenters. The maximum Gasteiger partial charge on any atom is 0.416 e. The summed E-state index contributed by atoms with van der Waals surface area (Å²) in [4.78, 5) is 1.55. The van der Waals surface area contributed by atoms with Crippen LogP contribution in [0.1, 0.15) is 5.56 Å². The number of fused-ring (bicyclic) bond motifs is 1. The number of sulfonamides is 1. The predicted octanol–water partition coefficient (Wildman–Crippen LogP) is 4.83. The average Bonchev–Trinajstić information content (AvgIpc) is 2.88. The van der Waals surface area contributed by atoms with E-state index in [2.05, 4.69) is 10.2 Å². The number of hydrogen-bond acceptors (Lipinski definition) is 5. The number of benzene rings is 3. The Morgan fingerprint density at radius 3 is 2.20 bits per heavy atom. The molecule has 0 N–H and O–H groups in total. The molecule has 180 valence electrons. The lowest BCUT2D eigenvalue weighted by Crippen LogP contribution is -2.49. The summed E-state index contributed by atoms with van der Waals surface area (Å²) in [5.41, 5.74) is 0.717. The molecule has 0 aliphatic carbocycles. The van der Waals surface area contributed by atoms with E-state index in [1.165, 1.54) is 10.4 Å². The molecule has 0 saturated carbocycles. The first-order chi connectivity index (χ1) is 16.7. The summed E-state index contributed by atoms with van der Waals surface area (Å²) in [6.07, 6.45) is -4.61. The van der Waals surface area contributed by atoms with E-state index in [-0.39, 0.29) is 18.0 Å². The fourth-order valence-electron chi connectivity index (χ4n) is 4.23. The molecule has 0 unspecified atom stereocenters. The molecular formula is C25H21F3N4O2S. The zero-order valence-electron chi connectivity index (χ0n) is 18.5. The van der Waals surface area contributed by atoms with Gasteiger partial charge < -0.3 is 4.90 Å². The van der Waals surface area contributed by atoms with Gasteiger partial charge in [0.2, 0.25) is 10.0 Å². The summed E-state index contributed by atoms with van der Waals surface area (Å²) in [6.45, 7) is 0.956. The Hall–Kier alpha value is -3.50. The van der Waals surface area contributed by atoms with Crippen LogP contribution in [-0.2, 0) is 16.2 Å². The second kappa shape index (κ2) is 8.94. The van der Waals surface area contributed by atoms with Crippen molar-refractivity contribution in [2.75, 3.05) is 31.1 Å². The van der Waals surface area contributed by atoms with Crippen molar-refractivity contribution in [3.8, 4) is 11.3 Å². The first-order valence-electron chi connectivity index (χ1n) is 11.0. The Morgan fingerprint density at radius 2 is 1.49 bits per heavy atom. The van der Waals surface area contributed by atoms with Crippen LogP contribution in [-0.4, -0.2) is 49.1 Å². The van der Waals surface area contributed by atoms with Gasteiger partial charge in [0.25, 0.3) is 0 Å². The van der Waals surface area contributed by atoms with Crippen molar-refractivity contribution in [3.63, 3.8) is 0 Å². The summed E-state index contributed by atoms with van der Waals surface area (Å²) < 4.78 is 66.1. The molecule has 0 radical (unpaired) electrons. The number of nitrogens with zero attached hydrogens (tertiary/aromatic N) is 4. The van der Waals surface area contributed by atoms with E-state index in [1.54, 1.807) is 0 Å². The van der Waals surface area contributed by atoms with Crippen LogP contribution in [0.5, 0.6) is 0 Å². The molecule has 1 saturated heterocycles. The molecule has 4 aromatic rings. The van der Waals surface area contributed by atoms with Crippen molar-refractivity contribution < 1.29 is 21.6 Å². The smallest absolute Gasteiger partial charge is 0.352 e. The molecule has 1 aliphatic rings. The lowest BCUT2D eigenvalue weighted by molar-refractivity contribution is -0.137. The van der Waals surface area contributed by atoms with Crippen molar-refractivity contribution in [2.24, 2.45) is 0 Å². The van der Waals surface area contributed by atoms with Crippen molar-refractivity contribution in [1.82, 2.24) is 14.5 Å². The summed E-state index contributed by atoms with van der Waals surface area (Å²) >= 11 is 0. The fraction of sp³-hybridized carbons (Fsp3) is 0.200. The Balaban J connectivity index is 1.30. The molecule has 0 spiro atoms. The molecule has 1 fully saturated rings. The molecule has 3 aromatic carbocycles. The molecule has 10 heteroatoms. The molecule has 2 heterocycles. The number of piperazine rings is 1. The van der Waals surface area contributed by atoms with Gasteiger partial charge in [0.15, 0.2) is 5.82 Å². The quantitative estimate of drug-likeness (QED) is 0.403. The summed E-state index contributed by atoms with van der Waals surface area (Å²) in [5.74, 6) is 0.616. The van der Waals surface area contributed by atoms with Crippen molar-refractivity contribution >= 4 is 26.6 Å². The maximum atomic E-state index is 13.0. The number of rotatable bonds is 4. The Labute approximate surface area is 200 Å². The molecule has 5 rings (SSSR count). The van der Waals surface area contributed by atoms with Crippen molar-refractivity contribution in [2.45, 2.75) is 11.1 Å². The van der Waals surface area contributed by atoms with E-state index in [0.717, 1.165) is 34.2 Å². The highest BCUT2D eigenvalue weighted by Gasteiger charge is 2.34. The van der Waals surface area contributed by atoms with Crippen LogP contribution >= 0.6 is 0 Å². The van der Waals surface area contributed by atoms with Gasteiger partial charge in [-0.2, -0.15) is 17.5 Å². The van der Waals surface area contributed by atoms with E-state index >= 15 is 0 Å². The molecule has 0 bridgehead atoms. The molecule has 1 aromatic heterocycles. The van der Waals surface area contributed by atoms with Crippen molar-refractivity contribution in [3.05, 3.63) is 84.4 Å². The van der Waals surface area contributed by atoms with E-state index < -0.39 is 21.8 Å². The van der Waals surface area contributed by atoms with Gasteiger partial charge in [-0.3, -0.25) is 0 Å². The van der Waals surface area contributed by atoms with Crippen LogP contribution in [0.4, 0.5) is 19.0 Å². The van der Waals surface area contributed by atoms with Crippen molar-refractivity contribution in [1.29, 1.82) is 0 Å². The highest BCUT2D eigenvalue weighted by atomic mass is 32.2. The number of alkyl halides is 3. The van der Waals surface area contributed by atoms with E-state index in [0.29, 0.717) is 25.0 Å². The van der Waals surface area contributed by atoms with Gasteiger partial charge >= 0.3 is 6.18 Å². The maximum absolute atomic E-state index is 13.0. The first-order valence-corrected chi connectivity index (χ1v) is 12.4. The van der Waals surface area contributed by atoms with Gasteiger partial charge in [-0.15, -0.1) is 10.2 Å². The summed E-state index contributed by atoms with van der Waals surface area (Å²) in [6, 6.07) is 21.6. The Bertz CT molecular complexity index is 1460. The molecule has 6 nitrogen and oxygen atoms in total. The zero-order valence-corrected chi connectivity index (χ0v) is 19.3. The van der Waals surface area contributed by atoms with Crippen LogP contribution in [0.2, 0.25) is 0 Å². The summed E-state index contributed by atoms with van der Waals surface area (Å²) in [5, 5.41) is 10.9. The largest absolute Gasteiger partial charge is 0.416 e. The third-order valence-electron chi connectivity index (χ3n) is 6.08. The molecule has 1 aliphatic heterocycles. The Morgan fingerprint density at radius 1 is 0.771 bits per heavy atom. The number of aromatic nitrogens is 2. The van der Waals surface area contributed by atoms with Gasteiger partial charge in [0.1, 0.15) is 0 Å². The minimum atomic E-state index is -4.61. The minimum absolute atomic E-state index is 0.130. The highest BCUT2D eigenvalue weighted by Crippen LogP contribution is 2.32. The third kappa shape index (κ3) is 4.59. The molecule has 35 heavy (non-hydrogen) atoms. The van der Waals surface area contributed by atoms with E-state index in [4.69, 9.17) is 0 Å².